The number of hydrogen-bond donors (Lipinski definition) is 1. The maximum Gasteiger partial charge on any atom is 0.317 e. The summed E-state index contributed by atoms with van der Waals surface area (Å²) in [6.07, 6.45) is 3.41. The molecule has 3 aromatic rings. The summed E-state index contributed by atoms with van der Waals surface area (Å²) in [7, 11) is 0. The van der Waals surface area contributed by atoms with Gasteiger partial charge in [-0.15, -0.1) is 0 Å². The van der Waals surface area contributed by atoms with Gasteiger partial charge in [-0.25, -0.2) is 9.78 Å². The summed E-state index contributed by atoms with van der Waals surface area (Å²) in [5.74, 6) is 0.779. The summed E-state index contributed by atoms with van der Waals surface area (Å²) in [5.41, 5.74) is 2.51. The molecule has 0 atom stereocenters. The fourth-order valence-corrected chi connectivity index (χ4v) is 3.39. The molecule has 1 aromatic carbocycles. The smallest absolute Gasteiger partial charge is 0.317 e. The van der Waals surface area contributed by atoms with Gasteiger partial charge in [-0.2, -0.15) is 5.26 Å². The third-order valence-electron chi connectivity index (χ3n) is 4.91. The fraction of sp³-hybridized carbons (Fsp3) is 0.238. The monoisotopic (exact) mass is 372 g/mol. The van der Waals surface area contributed by atoms with Crippen molar-refractivity contribution < 1.29 is 4.79 Å². The molecule has 3 heterocycles. The molecule has 0 saturated carbocycles. The van der Waals surface area contributed by atoms with Gasteiger partial charge < -0.3 is 15.1 Å². The molecule has 0 bridgehead atoms. The van der Waals surface area contributed by atoms with Gasteiger partial charge in [0.2, 0.25) is 0 Å². The quantitative estimate of drug-likeness (QED) is 0.764. The number of nitriles is 1. The van der Waals surface area contributed by atoms with E-state index in [1.165, 1.54) is 0 Å². The Morgan fingerprint density at radius 2 is 1.89 bits per heavy atom. The van der Waals surface area contributed by atoms with Crippen molar-refractivity contribution in [3.05, 3.63) is 66.0 Å². The van der Waals surface area contributed by atoms with Crippen LogP contribution in [0.25, 0.3) is 10.9 Å². The first kappa shape index (κ1) is 17.7. The van der Waals surface area contributed by atoms with Crippen molar-refractivity contribution in [1.29, 1.82) is 5.26 Å². The van der Waals surface area contributed by atoms with Crippen molar-refractivity contribution in [2.45, 2.75) is 6.54 Å². The Morgan fingerprint density at radius 1 is 1.07 bits per heavy atom. The van der Waals surface area contributed by atoms with Crippen LogP contribution in [0.15, 0.2) is 54.9 Å². The Hall–Kier alpha value is -3.66. The highest BCUT2D eigenvalue weighted by Crippen LogP contribution is 2.17. The minimum Gasteiger partial charge on any atom is -0.353 e. The van der Waals surface area contributed by atoms with Crippen LogP contribution in [0.1, 0.15) is 11.1 Å². The largest absolute Gasteiger partial charge is 0.353 e. The molecule has 0 unspecified atom stereocenters. The normalized spacial score (nSPS) is 14.0. The highest BCUT2D eigenvalue weighted by Gasteiger charge is 2.22. The van der Waals surface area contributed by atoms with Crippen molar-refractivity contribution >= 4 is 22.8 Å². The first-order valence-electron chi connectivity index (χ1n) is 9.21. The van der Waals surface area contributed by atoms with E-state index in [-0.39, 0.29) is 6.03 Å². The van der Waals surface area contributed by atoms with Gasteiger partial charge in [-0.1, -0.05) is 24.3 Å². The third kappa shape index (κ3) is 3.71. The molecular weight excluding hydrogens is 352 g/mol. The number of rotatable bonds is 3. The van der Waals surface area contributed by atoms with Gasteiger partial charge in [0.05, 0.1) is 17.1 Å². The van der Waals surface area contributed by atoms with Crippen molar-refractivity contribution in [3.8, 4) is 6.07 Å². The van der Waals surface area contributed by atoms with Crippen LogP contribution in [0.2, 0.25) is 0 Å². The predicted octanol–water partition coefficient (Wildman–Crippen LogP) is 2.53. The number of para-hydroxylation sites is 1. The lowest BCUT2D eigenvalue weighted by atomic mass is 10.1. The molecule has 1 aliphatic rings. The van der Waals surface area contributed by atoms with Crippen LogP contribution in [-0.2, 0) is 6.54 Å². The minimum absolute atomic E-state index is 0.0775. The number of nitrogens with zero attached hydrogens (tertiary/aromatic N) is 5. The van der Waals surface area contributed by atoms with Gasteiger partial charge >= 0.3 is 6.03 Å². The number of carbonyl (C=O) groups is 1. The van der Waals surface area contributed by atoms with Crippen molar-refractivity contribution in [3.63, 3.8) is 0 Å². The van der Waals surface area contributed by atoms with Gasteiger partial charge in [0.1, 0.15) is 5.82 Å². The molecule has 1 N–H and O–H groups in total. The Labute approximate surface area is 163 Å². The highest BCUT2D eigenvalue weighted by atomic mass is 16.2. The second-order valence-corrected chi connectivity index (χ2v) is 6.64. The molecule has 2 amide bonds. The van der Waals surface area contributed by atoms with Crippen LogP contribution in [-0.4, -0.2) is 47.1 Å². The van der Waals surface area contributed by atoms with E-state index in [1.54, 1.807) is 24.5 Å². The number of piperazine rings is 1. The molecule has 7 heteroatoms. The lowest BCUT2D eigenvalue weighted by Gasteiger charge is -2.35. The number of amides is 2. The zero-order valence-electron chi connectivity index (χ0n) is 15.4. The lowest BCUT2D eigenvalue weighted by Crippen LogP contribution is -2.51. The average Bonchev–Trinajstić information content (AvgIpc) is 2.77. The maximum atomic E-state index is 12.6. The van der Waals surface area contributed by atoms with E-state index in [0.717, 1.165) is 22.3 Å². The number of fused-ring (bicyclic) bond motifs is 1. The number of carbonyl (C=O) groups excluding carboxylic acids is 1. The number of anilines is 1. The van der Waals surface area contributed by atoms with Gasteiger partial charge in [-0.05, 0) is 23.8 Å². The van der Waals surface area contributed by atoms with Crippen molar-refractivity contribution in [2.75, 3.05) is 31.1 Å². The first-order chi connectivity index (χ1) is 13.7. The zero-order chi connectivity index (χ0) is 19.3. The number of pyridine rings is 2. The van der Waals surface area contributed by atoms with Crippen LogP contribution in [0.3, 0.4) is 0 Å². The van der Waals surface area contributed by atoms with E-state index >= 15 is 0 Å². The lowest BCUT2D eigenvalue weighted by molar-refractivity contribution is 0.194. The van der Waals surface area contributed by atoms with E-state index in [4.69, 9.17) is 5.26 Å². The number of aromatic nitrogens is 2. The fourth-order valence-electron chi connectivity index (χ4n) is 3.39. The molecule has 2 aromatic heterocycles. The first-order valence-corrected chi connectivity index (χ1v) is 9.21. The number of nitrogens with one attached hydrogen (secondary N) is 1. The van der Waals surface area contributed by atoms with Gasteiger partial charge in [0, 0.05) is 50.5 Å². The molecule has 7 nitrogen and oxygen atoms in total. The molecule has 1 fully saturated rings. The second kappa shape index (κ2) is 7.92. The minimum atomic E-state index is -0.0775. The SMILES string of the molecule is N#Cc1ccnc(N2CCN(C(=O)NCc3cccc4cccnc34)CC2)c1. The summed E-state index contributed by atoms with van der Waals surface area (Å²) in [6, 6.07) is 15.4. The average molecular weight is 372 g/mol. The van der Waals surface area contributed by atoms with Gasteiger partial charge in [0.15, 0.2) is 0 Å². The van der Waals surface area contributed by atoms with Crippen LogP contribution >= 0.6 is 0 Å². The van der Waals surface area contributed by atoms with Crippen molar-refractivity contribution in [1.82, 2.24) is 20.2 Å². The van der Waals surface area contributed by atoms with Crippen LogP contribution in [0.4, 0.5) is 10.6 Å². The molecular formula is C21H20N6O. The summed E-state index contributed by atoms with van der Waals surface area (Å²) in [5, 5.41) is 13.1. The van der Waals surface area contributed by atoms with E-state index in [2.05, 4.69) is 26.3 Å². The van der Waals surface area contributed by atoms with E-state index in [0.29, 0.717) is 38.3 Å². The molecule has 4 rings (SSSR count). The molecule has 0 radical (unpaired) electrons. The van der Waals surface area contributed by atoms with Crippen LogP contribution in [0, 0.1) is 11.3 Å². The summed E-state index contributed by atoms with van der Waals surface area (Å²) in [6.45, 7) is 3.03. The highest BCUT2D eigenvalue weighted by molar-refractivity contribution is 5.82. The number of hydrogen-bond acceptors (Lipinski definition) is 5. The Morgan fingerprint density at radius 3 is 2.71 bits per heavy atom. The summed E-state index contributed by atoms with van der Waals surface area (Å²) < 4.78 is 0. The van der Waals surface area contributed by atoms with Crippen molar-refractivity contribution in [2.24, 2.45) is 0 Å². The van der Waals surface area contributed by atoms with Gasteiger partial charge in [-0.3, -0.25) is 4.98 Å². The standard InChI is InChI=1S/C21H20N6O/c22-14-16-6-8-23-19(13-16)26-9-11-27(12-10-26)21(28)25-15-18-4-1-3-17-5-2-7-24-20(17)18/h1-8,13H,9-12,15H2,(H,25,28). The van der Waals surface area contributed by atoms with E-state index < -0.39 is 0 Å². The van der Waals surface area contributed by atoms with E-state index in [1.807, 2.05) is 35.2 Å². The topological polar surface area (TPSA) is 85.2 Å². The zero-order valence-corrected chi connectivity index (χ0v) is 15.4. The molecule has 28 heavy (non-hydrogen) atoms. The summed E-state index contributed by atoms with van der Waals surface area (Å²) >= 11 is 0. The predicted molar refractivity (Wildman–Crippen MR) is 107 cm³/mol. The molecule has 0 aliphatic carbocycles. The second-order valence-electron chi connectivity index (χ2n) is 6.64. The van der Waals surface area contributed by atoms with E-state index in [9.17, 15) is 4.79 Å². The molecule has 1 aliphatic heterocycles. The molecule has 0 spiro atoms. The Balaban J connectivity index is 1.35. The van der Waals surface area contributed by atoms with Crippen LogP contribution < -0.4 is 10.2 Å². The molecule has 1 saturated heterocycles. The molecule has 140 valence electrons. The van der Waals surface area contributed by atoms with Gasteiger partial charge in [0.25, 0.3) is 0 Å². The Bertz CT molecular complexity index is 1030. The Kier molecular flexibility index (Phi) is 5.02. The maximum absolute atomic E-state index is 12.6. The summed E-state index contributed by atoms with van der Waals surface area (Å²) in [4.78, 5) is 25.2. The number of benzene rings is 1. The van der Waals surface area contributed by atoms with Crippen LogP contribution in [0.5, 0.6) is 0 Å². The third-order valence-corrected chi connectivity index (χ3v) is 4.91. The number of urea groups is 1.